The van der Waals surface area contributed by atoms with E-state index < -0.39 is 6.16 Å². The summed E-state index contributed by atoms with van der Waals surface area (Å²) >= 11 is 0. The Morgan fingerprint density at radius 1 is 1.00 bits per heavy atom. The van der Waals surface area contributed by atoms with Gasteiger partial charge in [0.05, 0.1) is 0 Å². The Morgan fingerprint density at radius 3 is 1.58 bits per heavy atom. The summed E-state index contributed by atoms with van der Waals surface area (Å²) < 4.78 is 8.90. The molecule has 0 radical (unpaired) electrons. The average molecular weight is 221 g/mol. The van der Waals surface area contributed by atoms with E-state index in [1.807, 2.05) is 0 Å². The van der Waals surface area contributed by atoms with Gasteiger partial charge in [0.15, 0.2) is 0 Å². The first-order valence-electron chi connectivity index (χ1n) is 3.01. The predicted molar refractivity (Wildman–Crippen MR) is 49.9 cm³/mol. The fourth-order valence-electron chi connectivity index (χ4n) is 0.326. The Bertz CT molecular complexity index is 94.7. The molecule has 0 aliphatic heterocycles. The van der Waals surface area contributed by atoms with E-state index >= 15 is 0 Å². The number of carbonyl (C=O) groups excluding carboxylic acids is 1. The maximum Gasteiger partial charge on any atom is 0.508 e. The molecule has 0 fully saturated rings. The number of halogens is 2. The highest BCUT2D eigenvalue weighted by Gasteiger charge is 1.99. The molecule has 76 valence electrons. The van der Waals surface area contributed by atoms with Gasteiger partial charge in [-0.1, -0.05) is 0 Å². The molecule has 0 spiro atoms. The number of hydrogen-bond acceptors (Lipinski definition) is 5. The van der Waals surface area contributed by atoms with Gasteiger partial charge in [-0.3, -0.25) is 0 Å². The zero-order chi connectivity index (χ0) is 7.82. The fraction of sp³-hybridized carbons (Fsp3) is 0.800. The van der Waals surface area contributed by atoms with Crippen LogP contribution >= 0.6 is 24.8 Å². The van der Waals surface area contributed by atoms with E-state index in [-0.39, 0.29) is 38.0 Å². The highest BCUT2D eigenvalue weighted by Crippen LogP contribution is 1.81. The molecule has 4 N–H and O–H groups in total. The van der Waals surface area contributed by atoms with Gasteiger partial charge in [0.2, 0.25) is 0 Å². The summed E-state index contributed by atoms with van der Waals surface area (Å²) in [6.45, 7) is 0.974. The van der Waals surface area contributed by atoms with Crippen LogP contribution in [0.25, 0.3) is 0 Å². The lowest BCUT2D eigenvalue weighted by atomic mass is 10.7. The molecule has 0 bridgehead atoms. The molecule has 0 heterocycles. The molecule has 0 aliphatic carbocycles. The van der Waals surface area contributed by atoms with Gasteiger partial charge < -0.3 is 20.9 Å². The zero-order valence-corrected chi connectivity index (χ0v) is 8.16. The average Bonchev–Trinajstić information content (AvgIpc) is 1.97. The summed E-state index contributed by atoms with van der Waals surface area (Å²) in [5.74, 6) is 0. The summed E-state index contributed by atoms with van der Waals surface area (Å²) in [6, 6.07) is 0. The van der Waals surface area contributed by atoms with E-state index in [0.29, 0.717) is 13.1 Å². The number of nitrogens with two attached hydrogens (primary N) is 2. The smallest absolute Gasteiger partial charge is 0.433 e. The topological polar surface area (TPSA) is 87.6 Å². The van der Waals surface area contributed by atoms with Crippen LogP contribution in [0.4, 0.5) is 4.79 Å². The normalized spacial score (nSPS) is 7.50. The molecule has 0 rings (SSSR count). The minimum absolute atomic E-state index is 0. The first-order valence-corrected chi connectivity index (χ1v) is 3.01. The molecule has 0 saturated carbocycles. The number of ether oxygens (including phenoxy) is 2. The second-order valence-electron chi connectivity index (χ2n) is 1.52. The molecule has 0 amide bonds. The van der Waals surface area contributed by atoms with E-state index in [2.05, 4.69) is 9.47 Å². The predicted octanol–water partition coefficient (Wildman–Crippen LogP) is -0.0994. The van der Waals surface area contributed by atoms with Crippen molar-refractivity contribution in [1.82, 2.24) is 0 Å². The largest absolute Gasteiger partial charge is 0.508 e. The van der Waals surface area contributed by atoms with Gasteiger partial charge >= 0.3 is 6.16 Å². The zero-order valence-electron chi connectivity index (χ0n) is 6.52. The number of hydrogen-bond donors (Lipinski definition) is 2. The molecule has 0 aromatic rings. The van der Waals surface area contributed by atoms with Gasteiger partial charge in [-0.2, -0.15) is 0 Å². The van der Waals surface area contributed by atoms with Gasteiger partial charge in [-0.25, -0.2) is 4.79 Å². The van der Waals surface area contributed by atoms with Crippen molar-refractivity contribution in [2.24, 2.45) is 11.5 Å². The number of carbonyl (C=O) groups is 1. The van der Waals surface area contributed by atoms with Gasteiger partial charge in [0.25, 0.3) is 0 Å². The van der Waals surface area contributed by atoms with Crippen LogP contribution in [0, 0.1) is 0 Å². The van der Waals surface area contributed by atoms with Crippen LogP contribution in [0.5, 0.6) is 0 Å². The first kappa shape index (κ1) is 17.8. The highest BCUT2D eigenvalue weighted by molar-refractivity contribution is 5.85. The molecule has 5 nitrogen and oxygen atoms in total. The summed E-state index contributed by atoms with van der Waals surface area (Å²) in [5.41, 5.74) is 10.1. The van der Waals surface area contributed by atoms with Gasteiger partial charge in [-0.15, -0.1) is 24.8 Å². The lowest BCUT2D eigenvalue weighted by molar-refractivity contribution is 0.0596. The Labute approximate surface area is 83.6 Å². The van der Waals surface area contributed by atoms with Crippen LogP contribution in [0.3, 0.4) is 0 Å². The fourth-order valence-corrected chi connectivity index (χ4v) is 0.326. The van der Waals surface area contributed by atoms with Crippen LogP contribution in [0.15, 0.2) is 0 Å². The van der Waals surface area contributed by atoms with Crippen LogP contribution < -0.4 is 11.5 Å². The minimum Gasteiger partial charge on any atom is -0.433 e. The summed E-state index contributed by atoms with van der Waals surface area (Å²) in [6.07, 6.45) is -0.712. The van der Waals surface area contributed by atoms with Crippen molar-refractivity contribution in [1.29, 1.82) is 0 Å². The van der Waals surface area contributed by atoms with Gasteiger partial charge in [0, 0.05) is 13.1 Å². The summed E-state index contributed by atoms with van der Waals surface area (Å²) in [7, 11) is 0. The molecule has 0 aliphatic rings. The molecular formula is C5H14Cl2N2O3. The minimum atomic E-state index is -0.712. The van der Waals surface area contributed by atoms with Gasteiger partial charge in [-0.05, 0) is 0 Å². The van der Waals surface area contributed by atoms with E-state index in [1.54, 1.807) is 0 Å². The molecular weight excluding hydrogens is 207 g/mol. The standard InChI is InChI=1S/C5H12N2O3.2ClH/c6-1-3-9-5(8)10-4-2-7;;/h1-4,6-7H2;2*1H. The monoisotopic (exact) mass is 220 g/mol. The molecule has 0 unspecified atom stereocenters. The van der Waals surface area contributed by atoms with Crippen molar-refractivity contribution >= 4 is 31.0 Å². The Balaban J connectivity index is -0.000000405. The van der Waals surface area contributed by atoms with E-state index in [9.17, 15) is 4.79 Å². The molecule has 0 aromatic heterocycles. The van der Waals surface area contributed by atoms with Crippen molar-refractivity contribution in [3.63, 3.8) is 0 Å². The van der Waals surface area contributed by atoms with Crippen molar-refractivity contribution in [2.45, 2.75) is 0 Å². The van der Waals surface area contributed by atoms with Crippen molar-refractivity contribution in [2.75, 3.05) is 26.3 Å². The van der Waals surface area contributed by atoms with Crippen molar-refractivity contribution in [3.05, 3.63) is 0 Å². The maximum atomic E-state index is 10.4. The van der Waals surface area contributed by atoms with Crippen molar-refractivity contribution in [3.8, 4) is 0 Å². The summed E-state index contributed by atoms with van der Waals surface area (Å²) in [5, 5.41) is 0. The Hall–Kier alpha value is -0.230. The van der Waals surface area contributed by atoms with E-state index in [1.165, 1.54) is 0 Å². The van der Waals surface area contributed by atoms with Crippen LogP contribution in [0.1, 0.15) is 0 Å². The third kappa shape index (κ3) is 12.4. The molecule has 0 atom stereocenters. The molecule has 12 heavy (non-hydrogen) atoms. The SMILES string of the molecule is Cl.Cl.NCCOC(=O)OCCN. The highest BCUT2D eigenvalue weighted by atomic mass is 35.5. The second-order valence-corrected chi connectivity index (χ2v) is 1.52. The van der Waals surface area contributed by atoms with Crippen LogP contribution in [-0.2, 0) is 9.47 Å². The van der Waals surface area contributed by atoms with E-state index in [0.717, 1.165) is 0 Å². The van der Waals surface area contributed by atoms with Crippen molar-refractivity contribution < 1.29 is 14.3 Å². The van der Waals surface area contributed by atoms with Crippen LogP contribution in [0.2, 0.25) is 0 Å². The number of rotatable bonds is 4. The maximum absolute atomic E-state index is 10.4. The molecule has 0 saturated heterocycles. The first-order chi connectivity index (χ1) is 4.81. The Kier molecular flexibility index (Phi) is 19.8. The molecule has 0 aromatic carbocycles. The third-order valence-corrected chi connectivity index (χ3v) is 0.676. The quantitative estimate of drug-likeness (QED) is 0.647. The third-order valence-electron chi connectivity index (χ3n) is 0.676. The lowest BCUT2D eigenvalue weighted by Crippen LogP contribution is -2.17. The van der Waals surface area contributed by atoms with Crippen LogP contribution in [-0.4, -0.2) is 32.5 Å². The van der Waals surface area contributed by atoms with E-state index in [4.69, 9.17) is 11.5 Å². The Morgan fingerprint density at radius 2 is 1.33 bits per heavy atom. The summed E-state index contributed by atoms with van der Waals surface area (Å²) in [4.78, 5) is 10.4. The molecule has 7 heteroatoms. The second kappa shape index (κ2) is 13.4. The van der Waals surface area contributed by atoms with Gasteiger partial charge in [0.1, 0.15) is 13.2 Å². The lowest BCUT2D eigenvalue weighted by Gasteiger charge is -2.02.